The van der Waals surface area contributed by atoms with Gasteiger partial charge in [0.1, 0.15) is 0 Å². The van der Waals surface area contributed by atoms with Gasteiger partial charge in [0.15, 0.2) is 0 Å². The molecule has 0 atom stereocenters. The maximum Gasteiger partial charge on any atom is 0.274 e. The van der Waals surface area contributed by atoms with Crippen molar-refractivity contribution in [3.63, 3.8) is 0 Å². The molecule has 0 unspecified atom stereocenters. The van der Waals surface area contributed by atoms with Gasteiger partial charge >= 0.3 is 0 Å². The molecule has 78 valence electrons. The average Bonchev–Trinajstić information content (AvgIpc) is 2.22. The Morgan fingerprint density at radius 3 is 3.00 bits per heavy atom. The maximum absolute atomic E-state index is 11.8. The van der Waals surface area contributed by atoms with Crippen LogP contribution in [0.25, 0.3) is 10.8 Å². The zero-order valence-electron chi connectivity index (χ0n) is 7.85. The molecule has 1 N–H and O–H groups in total. The van der Waals surface area contributed by atoms with E-state index in [1.54, 1.807) is 12.3 Å². The minimum Gasteiger partial charge on any atom is -0.394 e. The third-order valence-corrected chi connectivity index (χ3v) is 2.62. The van der Waals surface area contributed by atoms with E-state index in [0.717, 1.165) is 9.86 Å². The van der Waals surface area contributed by atoms with E-state index in [4.69, 9.17) is 5.11 Å². The van der Waals surface area contributed by atoms with Crippen LogP contribution in [0.2, 0.25) is 0 Å². The van der Waals surface area contributed by atoms with Crippen molar-refractivity contribution in [2.24, 2.45) is 0 Å². The highest BCUT2D eigenvalue weighted by atomic mass is 79.9. The van der Waals surface area contributed by atoms with Crippen LogP contribution >= 0.6 is 15.9 Å². The first-order chi connectivity index (χ1) is 7.22. The van der Waals surface area contributed by atoms with Crippen LogP contribution in [0.4, 0.5) is 0 Å². The molecule has 0 saturated carbocycles. The monoisotopic (exact) mass is 268 g/mol. The molecule has 0 bridgehead atoms. The van der Waals surface area contributed by atoms with Crippen molar-refractivity contribution in [1.82, 2.24) is 9.78 Å². The van der Waals surface area contributed by atoms with E-state index in [1.165, 1.54) is 4.68 Å². The molecule has 0 fully saturated rings. The van der Waals surface area contributed by atoms with E-state index < -0.39 is 0 Å². The number of hydrogen-bond donors (Lipinski definition) is 1. The molecule has 2 aromatic rings. The highest BCUT2D eigenvalue weighted by Gasteiger charge is 2.03. The van der Waals surface area contributed by atoms with Gasteiger partial charge in [0.05, 0.1) is 24.7 Å². The lowest BCUT2D eigenvalue weighted by Gasteiger charge is -2.03. The van der Waals surface area contributed by atoms with E-state index in [2.05, 4.69) is 21.0 Å². The van der Waals surface area contributed by atoms with Crippen LogP contribution in [0.1, 0.15) is 0 Å². The van der Waals surface area contributed by atoms with Gasteiger partial charge in [0.2, 0.25) is 0 Å². The summed E-state index contributed by atoms with van der Waals surface area (Å²) < 4.78 is 2.17. The number of benzene rings is 1. The Hall–Kier alpha value is -1.20. The van der Waals surface area contributed by atoms with E-state index in [0.29, 0.717) is 5.39 Å². The Morgan fingerprint density at radius 2 is 2.27 bits per heavy atom. The number of aromatic nitrogens is 2. The first-order valence-corrected chi connectivity index (χ1v) is 5.28. The van der Waals surface area contributed by atoms with Crippen molar-refractivity contribution in [3.8, 4) is 0 Å². The topological polar surface area (TPSA) is 55.1 Å². The van der Waals surface area contributed by atoms with Crippen molar-refractivity contribution in [1.29, 1.82) is 0 Å². The molecule has 1 heterocycles. The predicted octanol–water partition coefficient (Wildman–Crippen LogP) is 1.15. The maximum atomic E-state index is 11.8. The number of hydrogen-bond acceptors (Lipinski definition) is 3. The SMILES string of the molecule is O=c1c2ccc(Br)cc2cnn1CCO. The lowest BCUT2D eigenvalue weighted by molar-refractivity contribution is 0.266. The number of fused-ring (bicyclic) bond motifs is 1. The summed E-state index contributed by atoms with van der Waals surface area (Å²) in [6.45, 7) is 0.139. The van der Waals surface area contributed by atoms with Gasteiger partial charge in [-0.15, -0.1) is 0 Å². The van der Waals surface area contributed by atoms with Crippen LogP contribution in [0, 0.1) is 0 Å². The van der Waals surface area contributed by atoms with Crippen molar-refractivity contribution >= 4 is 26.7 Å². The van der Waals surface area contributed by atoms with Crippen LogP contribution in [0.3, 0.4) is 0 Å². The molecule has 1 aromatic carbocycles. The van der Waals surface area contributed by atoms with Gasteiger partial charge in [-0.25, -0.2) is 4.68 Å². The Balaban J connectivity index is 2.69. The fraction of sp³-hybridized carbons (Fsp3) is 0.200. The molecular formula is C10H9BrN2O2. The summed E-state index contributed by atoms with van der Waals surface area (Å²) >= 11 is 3.33. The molecule has 5 heteroatoms. The van der Waals surface area contributed by atoms with Crippen LogP contribution in [0.15, 0.2) is 33.7 Å². The number of halogens is 1. The molecule has 0 radical (unpaired) electrons. The fourth-order valence-electron chi connectivity index (χ4n) is 1.41. The summed E-state index contributed by atoms with van der Waals surface area (Å²) in [6.07, 6.45) is 1.62. The van der Waals surface area contributed by atoms with Crippen LogP contribution in [-0.4, -0.2) is 21.5 Å². The van der Waals surface area contributed by atoms with E-state index in [1.807, 2.05) is 12.1 Å². The first kappa shape index (κ1) is 10.3. The summed E-state index contributed by atoms with van der Waals surface area (Å²) in [5, 5.41) is 14.1. The molecule has 0 aliphatic rings. The quantitative estimate of drug-likeness (QED) is 0.889. The third kappa shape index (κ3) is 1.93. The Bertz CT molecular complexity index is 551. The Kier molecular flexibility index (Phi) is 2.83. The molecule has 0 aliphatic heterocycles. The first-order valence-electron chi connectivity index (χ1n) is 4.48. The minimum atomic E-state index is -0.172. The molecule has 0 amide bonds. The van der Waals surface area contributed by atoms with Crippen molar-refractivity contribution in [3.05, 3.63) is 39.2 Å². The fourth-order valence-corrected chi connectivity index (χ4v) is 1.79. The van der Waals surface area contributed by atoms with Crippen LogP contribution < -0.4 is 5.56 Å². The number of rotatable bonds is 2. The van der Waals surface area contributed by atoms with E-state index in [9.17, 15) is 4.79 Å². The molecule has 0 aliphatic carbocycles. The van der Waals surface area contributed by atoms with Gasteiger partial charge in [-0.1, -0.05) is 15.9 Å². The normalized spacial score (nSPS) is 10.8. The zero-order chi connectivity index (χ0) is 10.8. The van der Waals surface area contributed by atoms with Gasteiger partial charge in [0.25, 0.3) is 5.56 Å². The van der Waals surface area contributed by atoms with Gasteiger partial charge < -0.3 is 5.11 Å². The Morgan fingerprint density at radius 1 is 1.47 bits per heavy atom. The summed E-state index contributed by atoms with van der Waals surface area (Å²) in [4.78, 5) is 11.8. The van der Waals surface area contributed by atoms with E-state index >= 15 is 0 Å². The minimum absolute atomic E-state index is 0.0884. The molecular weight excluding hydrogens is 260 g/mol. The van der Waals surface area contributed by atoms with Crippen molar-refractivity contribution in [2.45, 2.75) is 6.54 Å². The zero-order valence-corrected chi connectivity index (χ0v) is 9.44. The summed E-state index contributed by atoms with van der Waals surface area (Å²) in [5.41, 5.74) is -0.172. The second kappa shape index (κ2) is 4.12. The number of aliphatic hydroxyl groups is 1. The van der Waals surface area contributed by atoms with Crippen LogP contribution in [0.5, 0.6) is 0 Å². The van der Waals surface area contributed by atoms with Crippen molar-refractivity contribution < 1.29 is 5.11 Å². The molecule has 4 nitrogen and oxygen atoms in total. The molecule has 2 rings (SSSR count). The molecule has 15 heavy (non-hydrogen) atoms. The number of aliphatic hydroxyl groups excluding tert-OH is 1. The second-order valence-electron chi connectivity index (χ2n) is 3.13. The smallest absolute Gasteiger partial charge is 0.274 e. The highest BCUT2D eigenvalue weighted by molar-refractivity contribution is 9.10. The van der Waals surface area contributed by atoms with Crippen LogP contribution in [-0.2, 0) is 6.54 Å². The lowest BCUT2D eigenvalue weighted by atomic mass is 10.2. The lowest BCUT2D eigenvalue weighted by Crippen LogP contribution is -2.24. The largest absolute Gasteiger partial charge is 0.394 e. The van der Waals surface area contributed by atoms with Gasteiger partial charge in [-0.2, -0.15) is 5.10 Å². The number of nitrogens with zero attached hydrogens (tertiary/aromatic N) is 2. The van der Waals surface area contributed by atoms with Gasteiger partial charge in [0, 0.05) is 9.86 Å². The summed E-state index contributed by atoms with van der Waals surface area (Å²) in [6, 6.07) is 5.40. The highest BCUT2D eigenvalue weighted by Crippen LogP contribution is 2.15. The Labute approximate surface area is 94.3 Å². The standard InChI is InChI=1S/C10H9BrN2O2/c11-8-1-2-9-7(5-8)6-12-13(3-4-14)10(9)15/h1-2,5-6,14H,3-4H2. The van der Waals surface area contributed by atoms with Crippen molar-refractivity contribution in [2.75, 3.05) is 6.61 Å². The molecule has 1 aromatic heterocycles. The third-order valence-electron chi connectivity index (χ3n) is 2.13. The molecule has 0 saturated heterocycles. The molecule has 0 spiro atoms. The second-order valence-corrected chi connectivity index (χ2v) is 4.04. The summed E-state index contributed by atoms with van der Waals surface area (Å²) in [5.74, 6) is 0. The van der Waals surface area contributed by atoms with E-state index in [-0.39, 0.29) is 18.7 Å². The van der Waals surface area contributed by atoms with Gasteiger partial charge in [-0.05, 0) is 18.2 Å². The van der Waals surface area contributed by atoms with Gasteiger partial charge in [-0.3, -0.25) is 4.79 Å². The predicted molar refractivity (Wildman–Crippen MR) is 60.8 cm³/mol. The average molecular weight is 269 g/mol. The summed E-state index contributed by atoms with van der Waals surface area (Å²) in [7, 11) is 0.